The third-order valence-corrected chi connectivity index (χ3v) is 6.44. The van der Waals surface area contributed by atoms with E-state index in [0.29, 0.717) is 48.9 Å². The Morgan fingerprint density at radius 2 is 1.85 bits per heavy atom. The van der Waals surface area contributed by atoms with Crippen LogP contribution in [0.4, 0.5) is 13.2 Å². The van der Waals surface area contributed by atoms with Crippen molar-refractivity contribution in [2.45, 2.75) is 19.6 Å². The Balaban J connectivity index is 1.39. The lowest BCUT2D eigenvalue weighted by Gasteiger charge is -2.12. The van der Waals surface area contributed by atoms with Crippen LogP contribution in [0.3, 0.4) is 0 Å². The van der Waals surface area contributed by atoms with Crippen molar-refractivity contribution >= 4 is 34.6 Å². The second-order valence-electron chi connectivity index (χ2n) is 9.23. The standard InChI is InChI=1S/C30H29ClF3N3O4/c1-20-14-21(16-24(15-20)30(32,33)34)19-37-9-8-25-23(4-3-5-27(25)37)18-35-36-29(38)22-6-7-28(26(31)17-22)41-13-12-40-11-10-39-2/h3-9,14-18H,10-13,19H2,1-2H3,(H,36,38)/b35-18+. The van der Waals surface area contributed by atoms with E-state index < -0.39 is 17.6 Å². The van der Waals surface area contributed by atoms with E-state index in [0.717, 1.165) is 22.5 Å². The number of hydrogen-bond acceptors (Lipinski definition) is 5. The molecule has 0 spiro atoms. The van der Waals surface area contributed by atoms with Crippen LogP contribution in [0.25, 0.3) is 10.9 Å². The summed E-state index contributed by atoms with van der Waals surface area (Å²) in [5.41, 5.74) is 4.77. The number of halogens is 4. The Morgan fingerprint density at radius 1 is 1.05 bits per heavy atom. The molecule has 0 aliphatic carbocycles. The first-order chi connectivity index (χ1) is 19.7. The summed E-state index contributed by atoms with van der Waals surface area (Å²) < 4.78 is 57.5. The molecule has 0 aliphatic heterocycles. The number of aromatic nitrogens is 1. The van der Waals surface area contributed by atoms with E-state index in [2.05, 4.69) is 10.5 Å². The van der Waals surface area contributed by atoms with Crippen molar-refractivity contribution in [1.29, 1.82) is 0 Å². The average molecular weight is 588 g/mol. The number of methoxy groups -OCH3 is 1. The molecule has 0 fully saturated rings. The Kier molecular flexibility index (Phi) is 10.0. The Morgan fingerprint density at radius 3 is 2.61 bits per heavy atom. The summed E-state index contributed by atoms with van der Waals surface area (Å²) in [7, 11) is 1.59. The van der Waals surface area contributed by atoms with Gasteiger partial charge in [0.15, 0.2) is 0 Å². The molecule has 4 aromatic rings. The summed E-state index contributed by atoms with van der Waals surface area (Å²) in [4.78, 5) is 12.6. The van der Waals surface area contributed by atoms with Gasteiger partial charge in [-0.2, -0.15) is 18.3 Å². The maximum absolute atomic E-state index is 13.3. The second-order valence-corrected chi connectivity index (χ2v) is 9.63. The fourth-order valence-corrected chi connectivity index (χ4v) is 4.49. The normalized spacial score (nSPS) is 11.9. The van der Waals surface area contributed by atoms with Crippen LogP contribution in [0.2, 0.25) is 5.02 Å². The summed E-state index contributed by atoms with van der Waals surface area (Å²) in [5, 5.41) is 5.21. The summed E-state index contributed by atoms with van der Waals surface area (Å²) in [6.07, 6.45) is -1.08. The van der Waals surface area contributed by atoms with Crippen LogP contribution in [-0.4, -0.2) is 50.2 Å². The van der Waals surface area contributed by atoms with Crippen molar-refractivity contribution in [3.05, 3.63) is 99.7 Å². The molecule has 0 unspecified atom stereocenters. The first kappa shape index (κ1) is 30.1. The lowest BCUT2D eigenvalue weighted by molar-refractivity contribution is -0.137. The zero-order valence-corrected chi connectivity index (χ0v) is 23.3. The third kappa shape index (κ3) is 8.09. The number of alkyl halides is 3. The van der Waals surface area contributed by atoms with Gasteiger partial charge in [-0.15, -0.1) is 0 Å². The fourth-order valence-electron chi connectivity index (χ4n) is 4.25. The molecule has 7 nitrogen and oxygen atoms in total. The maximum Gasteiger partial charge on any atom is 0.416 e. The molecule has 1 heterocycles. The quantitative estimate of drug-likeness (QED) is 0.117. The molecular weight excluding hydrogens is 559 g/mol. The fraction of sp³-hybridized carbons (Fsp3) is 0.267. The monoisotopic (exact) mass is 587 g/mol. The topological polar surface area (TPSA) is 74.1 Å². The van der Waals surface area contributed by atoms with Crippen molar-refractivity contribution in [3.8, 4) is 5.75 Å². The molecule has 41 heavy (non-hydrogen) atoms. The SMILES string of the molecule is COCCOCCOc1ccc(C(=O)N/N=C/c2cccc3c2ccn3Cc2cc(C)cc(C(F)(F)F)c2)cc1Cl. The number of hydrazone groups is 1. The molecule has 0 aliphatic rings. The Bertz CT molecular complexity index is 1540. The molecule has 1 aromatic heterocycles. The van der Waals surface area contributed by atoms with Crippen LogP contribution in [-0.2, 0) is 22.2 Å². The van der Waals surface area contributed by atoms with Crippen LogP contribution < -0.4 is 10.2 Å². The van der Waals surface area contributed by atoms with E-state index in [4.69, 9.17) is 25.8 Å². The predicted octanol–water partition coefficient (Wildman–Crippen LogP) is 6.48. The molecule has 216 valence electrons. The first-order valence-electron chi connectivity index (χ1n) is 12.7. The molecular formula is C30H29ClF3N3O4. The second kappa shape index (κ2) is 13.7. The van der Waals surface area contributed by atoms with Gasteiger partial charge in [0, 0.05) is 41.9 Å². The zero-order chi connectivity index (χ0) is 29.4. The van der Waals surface area contributed by atoms with Gasteiger partial charge >= 0.3 is 6.18 Å². The van der Waals surface area contributed by atoms with Gasteiger partial charge in [0.05, 0.1) is 36.6 Å². The van der Waals surface area contributed by atoms with Crippen molar-refractivity contribution in [3.63, 3.8) is 0 Å². The highest BCUT2D eigenvalue weighted by Crippen LogP contribution is 2.31. The molecule has 0 saturated carbocycles. The number of nitrogens with one attached hydrogen (secondary N) is 1. The number of fused-ring (bicyclic) bond motifs is 1. The minimum absolute atomic E-state index is 0.271. The summed E-state index contributed by atoms with van der Waals surface area (Å²) in [5.74, 6) is -0.0270. The van der Waals surface area contributed by atoms with Gasteiger partial charge in [0.25, 0.3) is 5.91 Å². The third-order valence-electron chi connectivity index (χ3n) is 6.15. The summed E-state index contributed by atoms with van der Waals surface area (Å²) in [6, 6.07) is 16.1. The van der Waals surface area contributed by atoms with Gasteiger partial charge in [-0.25, -0.2) is 5.43 Å². The van der Waals surface area contributed by atoms with Gasteiger partial charge in [-0.1, -0.05) is 35.4 Å². The Hall–Kier alpha value is -3.86. The number of amides is 1. The van der Waals surface area contributed by atoms with Crippen LogP contribution in [0, 0.1) is 6.92 Å². The van der Waals surface area contributed by atoms with Crippen molar-refractivity contribution in [1.82, 2.24) is 9.99 Å². The highest BCUT2D eigenvalue weighted by Gasteiger charge is 2.30. The lowest BCUT2D eigenvalue weighted by atomic mass is 10.1. The first-order valence-corrected chi connectivity index (χ1v) is 13.1. The van der Waals surface area contributed by atoms with Gasteiger partial charge in [-0.05, 0) is 55.0 Å². The number of aryl methyl sites for hydroxylation is 1. The molecule has 3 aromatic carbocycles. The largest absolute Gasteiger partial charge is 0.490 e. The van der Waals surface area contributed by atoms with Crippen LogP contribution in [0.15, 0.2) is 72.0 Å². The highest BCUT2D eigenvalue weighted by molar-refractivity contribution is 6.32. The highest BCUT2D eigenvalue weighted by atomic mass is 35.5. The molecule has 1 N–H and O–H groups in total. The molecule has 0 atom stereocenters. The van der Waals surface area contributed by atoms with E-state index in [1.165, 1.54) is 18.3 Å². The Labute approximate surface area is 240 Å². The summed E-state index contributed by atoms with van der Waals surface area (Å²) >= 11 is 6.27. The van der Waals surface area contributed by atoms with Crippen LogP contribution in [0.1, 0.15) is 32.6 Å². The molecule has 0 saturated heterocycles. The van der Waals surface area contributed by atoms with Gasteiger partial charge in [-0.3, -0.25) is 4.79 Å². The number of carbonyl (C=O) groups is 1. The van der Waals surface area contributed by atoms with E-state index in [9.17, 15) is 18.0 Å². The zero-order valence-electron chi connectivity index (χ0n) is 22.5. The van der Waals surface area contributed by atoms with Crippen molar-refractivity contribution in [2.24, 2.45) is 5.10 Å². The van der Waals surface area contributed by atoms with Crippen LogP contribution in [0.5, 0.6) is 5.75 Å². The number of ether oxygens (including phenoxy) is 3. The lowest BCUT2D eigenvalue weighted by Crippen LogP contribution is -2.17. The summed E-state index contributed by atoms with van der Waals surface area (Å²) in [6.45, 7) is 3.55. The van der Waals surface area contributed by atoms with Gasteiger partial charge in [0.2, 0.25) is 0 Å². The number of benzene rings is 3. The average Bonchev–Trinajstić information content (AvgIpc) is 3.34. The van der Waals surface area contributed by atoms with E-state index in [-0.39, 0.29) is 11.6 Å². The number of rotatable bonds is 12. The van der Waals surface area contributed by atoms with Crippen molar-refractivity contribution < 1.29 is 32.2 Å². The molecule has 11 heteroatoms. The number of hydrogen-bond donors (Lipinski definition) is 1. The van der Waals surface area contributed by atoms with Crippen LogP contribution >= 0.6 is 11.6 Å². The number of carbonyl (C=O) groups excluding carboxylic acids is 1. The van der Waals surface area contributed by atoms with E-state index >= 15 is 0 Å². The molecule has 1 amide bonds. The molecule has 4 rings (SSSR count). The molecule has 0 bridgehead atoms. The van der Waals surface area contributed by atoms with E-state index in [1.807, 2.05) is 35.0 Å². The number of nitrogens with zero attached hydrogens (tertiary/aromatic N) is 2. The predicted molar refractivity (Wildman–Crippen MR) is 152 cm³/mol. The molecule has 0 radical (unpaired) electrons. The minimum Gasteiger partial charge on any atom is -0.490 e. The van der Waals surface area contributed by atoms with Gasteiger partial charge in [0.1, 0.15) is 12.4 Å². The maximum atomic E-state index is 13.3. The van der Waals surface area contributed by atoms with E-state index in [1.54, 1.807) is 32.2 Å². The minimum atomic E-state index is -4.41. The smallest absolute Gasteiger partial charge is 0.416 e. The van der Waals surface area contributed by atoms with Gasteiger partial charge < -0.3 is 18.8 Å². The van der Waals surface area contributed by atoms with Crippen molar-refractivity contribution in [2.75, 3.05) is 33.5 Å².